The fourth-order valence-corrected chi connectivity index (χ4v) is 3.50. The first-order chi connectivity index (χ1) is 16.9. The maximum Gasteiger partial charge on any atom is 0.408 e. The van der Waals surface area contributed by atoms with Crippen molar-refractivity contribution in [3.8, 4) is 5.75 Å². The SMILES string of the molecule is COc1cccc(C[C@H](NC(=O)[C@H](Cc2ccccc2)NC(=O)OCc2ccccc2)C(N)=O)c1. The fraction of sp³-hybridized carbons (Fsp3) is 0.222. The monoisotopic (exact) mass is 475 g/mol. The predicted octanol–water partition coefficient (Wildman–Crippen LogP) is 2.75. The Morgan fingerprint density at radius 2 is 1.37 bits per heavy atom. The third kappa shape index (κ3) is 8.19. The number of ether oxygens (including phenoxy) is 2. The summed E-state index contributed by atoms with van der Waals surface area (Å²) in [6.07, 6.45) is -0.361. The van der Waals surface area contributed by atoms with Crippen LogP contribution in [0.3, 0.4) is 0 Å². The van der Waals surface area contributed by atoms with Crippen LogP contribution in [0.25, 0.3) is 0 Å². The number of nitrogens with two attached hydrogens (primary N) is 1. The van der Waals surface area contributed by atoms with Gasteiger partial charge in [-0.3, -0.25) is 9.59 Å². The van der Waals surface area contributed by atoms with Crippen LogP contribution in [0.4, 0.5) is 4.79 Å². The second kappa shape index (κ2) is 12.8. The summed E-state index contributed by atoms with van der Waals surface area (Å²) in [6, 6.07) is 23.6. The van der Waals surface area contributed by atoms with Gasteiger partial charge in [-0.1, -0.05) is 72.8 Å². The normalized spacial score (nSPS) is 12.1. The van der Waals surface area contributed by atoms with E-state index in [0.717, 1.165) is 16.7 Å². The van der Waals surface area contributed by atoms with Crippen LogP contribution in [0.2, 0.25) is 0 Å². The second-order valence-corrected chi connectivity index (χ2v) is 7.97. The molecule has 0 aliphatic rings. The van der Waals surface area contributed by atoms with Crippen molar-refractivity contribution in [2.75, 3.05) is 7.11 Å². The molecule has 3 rings (SSSR count). The molecule has 0 aromatic heterocycles. The van der Waals surface area contributed by atoms with Crippen molar-refractivity contribution in [2.24, 2.45) is 5.73 Å². The zero-order chi connectivity index (χ0) is 25.0. The van der Waals surface area contributed by atoms with E-state index in [1.54, 1.807) is 25.3 Å². The van der Waals surface area contributed by atoms with Crippen LogP contribution in [0.1, 0.15) is 16.7 Å². The second-order valence-electron chi connectivity index (χ2n) is 7.97. The molecule has 0 spiro atoms. The molecule has 0 saturated heterocycles. The molecular weight excluding hydrogens is 446 g/mol. The average molecular weight is 476 g/mol. The minimum absolute atomic E-state index is 0.0616. The minimum Gasteiger partial charge on any atom is -0.497 e. The van der Waals surface area contributed by atoms with Crippen LogP contribution in [-0.4, -0.2) is 37.1 Å². The van der Waals surface area contributed by atoms with Gasteiger partial charge in [-0.15, -0.1) is 0 Å². The Bertz CT molecular complexity index is 1120. The van der Waals surface area contributed by atoms with Gasteiger partial charge in [0.2, 0.25) is 11.8 Å². The molecule has 0 bridgehead atoms. The molecule has 8 nitrogen and oxygen atoms in total. The molecule has 2 atom stereocenters. The fourth-order valence-electron chi connectivity index (χ4n) is 3.50. The summed E-state index contributed by atoms with van der Waals surface area (Å²) in [5, 5.41) is 5.29. The first kappa shape index (κ1) is 25.3. The lowest BCUT2D eigenvalue weighted by molar-refractivity contribution is -0.128. The smallest absolute Gasteiger partial charge is 0.408 e. The molecule has 0 radical (unpaired) electrons. The van der Waals surface area contributed by atoms with E-state index in [0.29, 0.717) is 5.75 Å². The van der Waals surface area contributed by atoms with Crippen molar-refractivity contribution >= 4 is 17.9 Å². The van der Waals surface area contributed by atoms with Crippen molar-refractivity contribution in [1.82, 2.24) is 10.6 Å². The summed E-state index contributed by atoms with van der Waals surface area (Å²) in [5.74, 6) is -0.606. The summed E-state index contributed by atoms with van der Waals surface area (Å²) in [4.78, 5) is 37.8. The number of hydrogen-bond acceptors (Lipinski definition) is 5. The topological polar surface area (TPSA) is 120 Å². The van der Waals surface area contributed by atoms with Crippen LogP contribution in [0, 0.1) is 0 Å². The number of benzene rings is 3. The number of carbonyl (C=O) groups excluding carboxylic acids is 3. The van der Waals surface area contributed by atoms with Gasteiger partial charge in [0.15, 0.2) is 0 Å². The molecule has 0 unspecified atom stereocenters. The summed E-state index contributed by atoms with van der Waals surface area (Å²) in [5.41, 5.74) is 7.99. The summed E-state index contributed by atoms with van der Waals surface area (Å²) in [6.45, 7) is 0.0616. The molecule has 3 amide bonds. The maximum atomic E-state index is 13.2. The number of rotatable bonds is 11. The molecule has 0 aliphatic heterocycles. The highest BCUT2D eigenvalue weighted by Crippen LogP contribution is 2.14. The Morgan fingerprint density at radius 1 is 0.771 bits per heavy atom. The molecule has 0 saturated carbocycles. The van der Waals surface area contributed by atoms with Crippen molar-refractivity contribution in [1.29, 1.82) is 0 Å². The highest BCUT2D eigenvalue weighted by atomic mass is 16.5. The number of carbonyl (C=O) groups is 3. The van der Waals surface area contributed by atoms with E-state index in [2.05, 4.69) is 10.6 Å². The number of methoxy groups -OCH3 is 1. The molecule has 35 heavy (non-hydrogen) atoms. The molecule has 0 fully saturated rings. The van der Waals surface area contributed by atoms with Crippen molar-refractivity contribution in [3.63, 3.8) is 0 Å². The average Bonchev–Trinajstić information content (AvgIpc) is 2.88. The Balaban J connectivity index is 1.69. The first-order valence-corrected chi connectivity index (χ1v) is 11.2. The van der Waals surface area contributed by atoms with Gasteiger partial charge in [0, 0.05) is 12.8 Å². The lowest BCUT2D eigenvalue weighted by Crippen LogP contribution is -2.54. The quantitative estimate of drug-likeness (QED) is 0.394. The van der Waals surface area contributed by atoms with Crippen molar-refractivity contribution in [2.45, 2.75) is 31.5 Å². The van der Waals surface area contributed by atoms with Gasteiger partial charge in [0.25, 0.3) is 0 Å². The van der Waals surface area contributed by atoms with E-state index in [4.69, 9.17) is 15.2 Å². The van der Waals surface area contributed by atoms with Gasteiger partial charge in [-0.2, -0.15) is 0 Å². The summed E-state index contributed by atoms with van der Waals surface area (Å²) >= 11 is 0. The van der Waals surface area contributed by atoms with E-state index in [9.17, 15) is 14.4 Å². The number of alkyl carbamates (subject to hydrolysis) is 1. The van der Waals surface area contributed by atoms with E-state index in [1.165, 1.54) is 0 Å². The lowest BCUT2D eigenvalue weighted by atomic mass is 10.0. The largest absolute Gasteiger partial charge is 0.497 e. The summed E-state index contributed by atoms with van der Waals surface area (Å²) in [7, 11) is 1.54. The molecular formula is C27H29N3O5. The number of hydrogen-bond donors (Lipinski definition) is 3. The van der Waals surface area contributed by atoms with Gasteiger partial charge >= 0.3 is 6.09 Å². The first-order valence-electron chi connectivity index (χ1n) is 11.2. The van der Waals surface area contributed by atoms with Crippen LogP contribution >= 0.6 is 0 Å². The Hall–Kier alpha value is -4.33. The molecule has 0 aliphatic carbocycles. The van der Waals surface area contributed by atoms with Crippen LogP contribution in [-0.2, 0) is 33.8 Å². The lowest BCUT2D eigenvalue weighted by Gasteiger charge is -2.22. The predicted molar refractivity (Wildman–Crippen MR) is 132 cm³/mol. The standard InChI is InChI=1S/C27H29N3O5/c1-34-22-14-8-13-21(15-22)17-23(25(28)31)29-26(32)24(16-19-9-4-2-5-10-19)30-27(33)35-18-20-11-6-3-7-12-20/h2-15,23-24H,16-18H2,1H3,(H2,28,31)(H,29,32)(H,30,33)/t23-,24-/m0/s1. The van der Waals surface area contributed by atoms with Crippen LogP contribution in [0.5, 0.6) is 5.75 Å². The Morgan fingerprint density at radius 3 is 2.00 bits per heavy atom. The molecule has 0 heterocycles. The van der Waals surface area contributed by atoms with E-state index in [-0.39, 0.29) is 19.4 Å². The molecule has 3 aromatic rings. The maximum absolute atomic E-state index is 13.2. The van der Waals surface area contributed by atoms with Crippen LogP contribution < -0.4 is 21.1 Å². The minimum atomic E-state index is -0.979. The van der Waals surface area contributed by atoms with Gasteiger partial charge < -0.3 is 25.8 Å². The van der Waals surface area contributed by atoms with Gasteiger partial charge in [0.1, 0.15) is 24.4 Å². The number of nitrogens with one attached hydrogen (secondary N) is 2. The van der Waals surface area contributed by atoms with Crippen molar-refractivity contribution < 1.29 is 23.9 Å². The Kier molecular flexibility index (Phi) is 9.24. The molecule has 4 N–H and O–H groups in total. The van der Waals surface area contributed by atoms with E-state index < -0.39 is 30.0 Å². The third-order valence-electron chi connectivity index (χ3n) is 5.34. The van der Waals surface area contributed by atoms with E-state index in [1.807, 2.05) is 66.7 Å². The number of amides is 3. The van der Waals surface area contributed by atoms with E-state index >= 15 is 0 Å². The van der Waals surface area contributed by atoms with Gasteiger partial charge in [-0.05, 0) is 28.8 Å². The zero-order valence-electron chi connectivity index (χ0n) is 19.5. The number of primary amides is 1. The molecule has 8 heteroatoms. The highest BCUT2D eigenvalue weighted by molar-refractivity contribution is 5.91. The Labute approximate surface area is 204 Å². The molecule has 182 valence electrons. The van der Waals surface area contributed by atoms with Gasteiger partial charge in [-0.25, -0.2) is 4.79 Å². The van der Waals surface area contributed by atoms with Gasteiger partial charge in [0.05, 0.1) is 7.11 Å². The highest BCUT2D eigenvalue weighted by Gasteiger charge is 2.27. The third-order valence-corrected chi connectivity index (χ3v) is 5.34. The van der Waals surface area contributed by atoms with Crippen molar-refractivity contribution in [3.05, 3.63) is 102 Å². The summed E-state index contributed by atoms with van der Waals surface area (Å²) < 4.78 is 10.5. The zero-order valence-corrected chi connectivity index (χ0v) is 19.5. The molecule has 3 aromatic carbocycles. The van der Waals surface area contributed by atoms with Crippen LogP contribution in [0.15, 0.2) is 84.9 Å².